The Kier molecular flexibility index (Phi) is 4.52. The minimum atomic E-state index is -0.773. The van der Waals surface area contributed by atoms with E-state index in [-0.39, 0.29) is 12.1 Å². The normalized spacial score (nSPS) is 30.6. The molecule has 6 heteroatoms. The first-order valence-corrected chi connectivity index (χ1v) is 7.51. The van der Waals surface area contributed by atoms with E-state index in [4.69, 9.17) is 5.73 Å². The third kappa shape index (κ3) is 2.90. The lowest BCUT2D eigenvalue weighted by Gasteiger charge is -2.34. The van der Waals surface area contributed by atoms with Gasteiger partial charge in [-0.3, -0.25) is 4.79 Å². The van der Waals surface area contributed by atoms with Gasteiger partial charge in [0.2, 0.25) is 0 Å². The number of amides is 2. The van der Waals surface area contributed by atoms with Crippen LogP contribution in [0.2, 0.25) is 0 Å². The van der Waals surface area contributed by atoms with Crippen molar-refractivity contribution < 1.29 is 14.7 Å². The molecule has 20 heavy (non-hydrogen) atoms. The molecule has 2 fully saturated rings. The van der Waals surface area contributed by atoms with Crippen LogP contribution in [-0.4, -0.2) is 59.1 Å². The Morgan fingerprint density at radius 2 is 2.10 bits per heavy atom. The summed E-state index contributed by atoms with van der Waals surface area (Å²) in [6.07, 6.45) is 3.90. The molecule has 2 aliphatic heterocycles. The maximum Gasteiger partial charge on any atom is 0.320 e. The lowest BCUT2D eigenvalue weighted by atomic mass is 9.83. The molecule has 0 bridgehead atoms. The Labute approximate surface area is 119 Å². The molecule has 6 nitrogen and oxygen atoms in total. The van der Waals surface area contributed by atoms with Crippen LogP contribution in [0, 0.1) is 5.41 Å². The molecule has 0 aromatic heterocycles. The molecule has 0 saturated carbocycles. The number of hydrogen-bond acceptors (Lipinski definition) is 3. The second kappa shape index (κ2) is 5.99. The lowest BCUT2D eigenvalue weighted by molar-refractivity contribution is -0.148. The van der Waals surface area contributed by atoms with E-state index in [1.807, 2.05) is 6.92 Å². The zero-order valence-electron chi connectivity index (χ0n) is 12.2. The van der Waals surface area contributed by atoms with E-state index in [0.29, 0.717) is 32.5 Å². The van der Waals surface area contributed by atoms with E-state index in [0.717, 1.165) is 25.8 Å². The summed E-state index contributed by atoms with van der Waals surface area (Å²) in [6.45, 7) is 4.18. The zero-order chi connectivity index (χ0) is 14.8. The number of likely N-dealkylation sites (tertiary alicyclic amines) is 2. The van der Waals surface area contributed by atoms with Gasteiger partial charge in [-0.1, -0.05) is 13.3 Å². The van der Waals surface area contributed by atoms with Gasteiger partial charge in [0.05, 0.1) is 5.41 Å². The predicted molar refractivity (Wildman–Crippen MR) is 75.3 cm³/mol. The summed E-state index contributed by atoms with van der Waals surface area (Å²) >= 11 is 0. The van der Waals surface area contributed by atoms with Crippen molar-refractivity contribution in [3.05, 3.63) is 0 Å². The van der Waals surface area contributed by atoms with E-state index in [9.17, 15) is 14.7 Å². The fraction of sp³-hybridized carbons (Fsp3) is 0.857. The smallest absolute Gasteiger partial charge is 0.320 e. The molecule has 0 aromatic rings. The number of carbonyl (C=O) groups is 2. The zero-order valence-corrected chi connectivity index (χ0v) is 12.2. The van der Waals surface area contributed by atoms with Gasteiger partial charge < -0.3 is 20.6 Å². The van der Waals surface area contributed by atoms with Crippen molar-refractivity contribution in [3.63, 3.8) is 0 Å². The monoisotopic (exact) mass is 283 g/mol. The molecule has 2 heterocycles. The highest BCUT2D eigenvalue weighted by atomic mass is 16.4. The summed E-state index contributed by atoms with van der Waals surface area (Å²) in [5.41, 5.74) is 5.16. The molecule has 3 N–H and O–H groups in total. The van der Waals surface area contributed by atoms with Crippen molar-refractivity contribution in [1.82, 2.24) is 9.80 Å². The van der Waals surface area contributed by atoms with Crippen LogP contribution in [0.5, 0.6) is 0 Å². The van der Waals surface area contributed by atoms with Crippen molar-refractivity contribution in [2.24, 2.45) is 11.1 Å². The van der Waals surface area contributed by atoms with Gasteiger partial charge in [-0.25, -0.2) is 4.79 Å². The molecular formula is C14H25N3O3. The van der Waals surface area contributed by atoms with Crippen molar-refractivity contribution in [3.8, 4) is 0 Å². The summed E-state index contributed by atoms with van der Waals surface area (Å²) in [6, 6.07) is 0.00885. The lowest BCUT2D eigenvalue weighted by Crippen LogP contribution is -2.51. The Hall–Kier alpha value is -1.30. The number of hydrogen-bond donors (Lipinski definition) is 2. The average molecular weight is 283 g/mol. The molecule has 2 atom stereocenters. The molecular weight excluding hydrogens is 258 g/mol. The molecule has 114 valence electrons. The largest absolute Gasteiger partial charge is 0.481 e. The maximum atomic E-state index is 12.5. The Bertz CT molecular complexity index is 388. The Morgan fingerprint density at radius 1 is 1.35 bits per heavy atom. The predicted octanol–water partition coefficient (Wildman–Crippen LogP) is 1.11. The molecule has 2 saturated heterocycles. The van der Waals surface area contributed by atoms with Gasteiger partial charge in [0, 0.05) is 32.2 Å². The number of nitrogens with zero attached hydrogens (tertiary/aromatic N) is 2. The second-order valence-electron chi connectivity index (χ2n) is 6.14. The van der Waals surface area contributed by atoms with Crippen LogP contribution in [-0.2, 0) is 4.79 Å². The van der Waals surface area contributed by atoms with E-state index in [1.54, 1.807) is 9.80 Å². The first-order chi connectivity index (χ1) is 9.48. The third-order valence-corrected chi connectivity index (χ3v) is 4.53. The molecule has 2 amide bonds. The van der Waals surface area contributed by atoms with Gasteiger partial charge in [0.1, 0.15) is 0 Å². The summed E-state index contributed by atoms with van der Waals surface area (Å²) in [4.78, 5) is 27.5. The van der Waals surface area contributed by atoms with Gasteiger partial charge in [-0.15, -0.1) is 0 Å². The maximum absolute atomic E-state index is 12.5. The fourth-order valence-corrected chi connectivity index (χ4v) is 3.38. The number of nitrogens with two attached hydrogens (primary N) is 1. The summed E-state index contributed by atoms with van der Waals surface area (Å²) in [7, 11) is 0. The van der Waals surface area contributed by atoms with Gasteiger partial charge in [0.25, 0.3) is 0 Å². The van der Waals surface area contributed by atoms with E-state index < -0.39 is 11.4 Å². The van der Waals surface area contributed by atoms with Crippen molar-refractivity contribution in [2.45, 2.75) is 45.1 Å². The number of carbonyl (C=O) groups excluding carboxylic acids is 1. The third-order valence-electron chi connectivity index (χ3n) is 4.53. The van der Waals surface area contributed by atoms with Gasteiger partial charge in [0.15, 0.2) is 0 Å². The SMILES string of the molecule is CCCC1(C(=O)O)CCN(C(=O)N2CCCC(N)C2)C1. The van der Waals surface area contributed by atoms with Crippen molar-refractivity contribution >= 4 is 12.0 Å². The van der Waals surface area contributed by atoms with Crippen molar-refractivity contribution in [2.75, 3.05) is 26.2 Å². The second-order valence-corrected chi connectivity index (χ2v) is 6.14. The topological polar surface area (TPSA) is 86.9 Å². The number of aliphatic carboxylic acids is 1. The van der Waals surface area contributed by atoms with Gasteiger partial charge >= 0.3 is 12.0 Å². The van der Waals surface area contributed by atoms with E-state index in [2.05, 4.69) is 0 Å². The molecule has 2 rings (SSSR count). The van der Waals surface area contributed by atoms with Crippen LogP contribution < -0.4 is 5.73 Å². The number of carboxylic acid groups (broad SMARTS) is 1. The molecule has 2 aliphatic rings. The summed E-state index contributed by atoms with van der Waals surface area (Å²) in [5, 5.41) is 9.48. The van der Waals surface area contributed by atoms with Crippen molar-refractivity contribution in [1.29, 1.82) is 0 Å². The summed E-state index contributed by atoms with van der Waals surface area (Å²) < 4.78 is 0. The van der Waals surface area contributed by atoms with Gasteiger partial charge in [-0.05, 0) is 25.7 Å². The highest BCUT2D eigenvalue weighted by Gasteiger charge is 2.46. The molecule has 2 unspecified atom stereocenters. The Morgan fingerprint density at radius 3 is 2.70 bits per heavy atom. The fourth-order valence-electron chi connectivity index (χ4n) is 3.38. The summed E-state index contributed by atoms with van der Waals surface area (Å²) in [5.74, 6) is -0.773. The quantitative estimate of drug-likeness (QED) is 0.812. The first-order valence-electron chi connectivity index (χ1n) is 7.51. The number of urea groups is 1. The van der Waals surface area contributed by atoms with Crippen LogP contribution in [0.1, 0.15) is 39.0 Å². The van der Waals surface area contributed by atoms with E-state index >= 15 is 0 Å². The minimum Gasteiger partial charge on any atom is -0.481 e. The molecule has 0 aliphatic carbocycles. The van der Waals surface area contributed by atoms with Crippen LogP contribution in [0.4, 0.5) is 4.79 Å². The standard InChI is InChI=1S/C14H25N3O3/c1-2-5-14(12(18)19)6-8-17(10-14)13(20)16-7-3-4-11(15)9-16/h11H,2-10,15H2,1H3,(H,18,19). The number of rotatable bonds is 3. The van der Waals surface area contributed by atoms with Gasteiger partial charge in [-0.2, -0.15) is 0 Å². The minimum absolute atomic E-state index is 0.0422. The first kappa shape index (κ1) is 15.1. The average Bonchev–Trinajstić information content (AvgIpc) is 2.84. The molecule has 0 spiro atoms. The Balaban J connectivity index is 2.00. The highest BCUT2D eigenvalue weighted by molar-refractivity contribution is 5.80. The highest BCUT2D eigenvalue weighted by Crippen LogP contribution is 2.36. The van der Waals surface area contributed by atoms with Crippen LogP contribution in [0.25, 0.3) is 0 Å². The molecule has 0 aromatic carbocycles. The van der Waals surface area contributed by atoms with Crippen LogP contribution in [0.15, 0.2) is 0 Å². The number of carboxylic acids is 1. The molecule has 0 radical (unpaired) electrons. The van der Waals surface area contributed by atoms with E-state index in [1.165, 1.54) is 0 Å². The van der Waals surface area contributed by atoms with Crippen LogP contribution >= 0.6 is 0 Å². The van der Waals surface area contributed by atoms with Crippen LogP contribution in [0.3, 0.4) is 0 Å². The number of piperidine rings is 1.